The van der Waals surface area contributed by atoms with Crippen molar-refractivity contribution >= 4 is 15.7 Å². The van der Waals surface area contributed by atoms with E-state index in [1.807, 2.05) is 21.9 Å². The van der Waals surface area contributed by atoms with Crippen LogP contribution in [0.3, 0.4) is 0 Å². The summed E-state index contributed by atoms with van der Waals surface area (Å²) in [6, 6.07) is 0.331. The predicted octanol–water partition coefficient (Wildman–Crippen LogP) is -1.55. The van der Waals surface area contributed by atoms with Crippen LogP contribution in [0.1, 0.15) is 24.8 Å². The minimum Gasteiger partial charge on any atom is -0.382 e. The summed E-state index contributed by atoms with van der Waals surface area (Å²) in [5.74, 6) is 0. The zero-order chi connectivity index (χ0) is 17.1. The van der Waals surface area contributed by atoms with Gasteiger partial charge in [0.05, 0.1) is 25.5 Å². The van der Waals surface area contributed by atoms with Gasteiger partial charge < -0.3 is 23.7 Å². The molecule has 3 rings (SSSR count). The summed E-state index contributed by atoms with van der Waals surface area (Å²) in [4.78, 5) is 0. The lowest BCUT2D eigenvalue weighted by Gasteiger charge is -2.18. The smallest absolute Gasteiger partial charge is 0.177 e. The van der Waals surface area contributed by atoms with Gasteiger partial charge in [0.2, 0.25) is 0 Å². The average Bonchev–Trinajstić information content (AvgIpc) is 3.24. The highest BCUT2D eigenvalue weighted by Crippen LogP contribution is 2.29. The van der Waals surface area contributed by atoms with E-state index in [9.17, 15) is 0 Å². The van der Waals surface area contributed by atoms with Gasteiger partial charge in [-0.05, 0) is 12.8 Å². The molecule has 0 radical (unpaired) electrons. The summed E-state index contributed by atoms with van der Waals surface area (Å²) in [5, 5.41) is 8.36. The van der Waals surface area contributed by atoms with E-state index >= 15 is 0 Å². The Bertz CT molecular complexity index is 534. The van der Waals surface area contributed by atoms with E-state index in [0.29, 0.717) is 13.2 Å². The molecule has 2 aliphatic rings. The Morgan fingerprint density at radius 2 is 1.96 bits per heavy atom. The first-order valence-electron chi connectivity index (χ1n) is 8.45. The van der Waals surface area contributed by atoms with E-state index in [2.05, 4.69) is 10.3 Å². The molecule has 0 amide bonds. The van der Waals surface area contributed by atoms with Gasteiger partial charge in [-0.25, -0.2) is 4.68 Å². The monoisotopic (exact) mass is 337 g/mol. The molecule has 0 aromatic carbocycles. The van der Waals surface area contributed by atoms with Gasteiger partial charge in [0.25, 0.3) is 0 Å². The average molecular weight is 337 g/mol. The fourth-order valence-electron chi connectivity index (χ4n) is 3.37. The van der Waals surface area contributed by atoms with Crippen LogP contribution in [0, 0.1) is 0 Å². The first-order valence-corrected chi connectivity index (χ1v) is 8.45. The van der Waals surface area contributed by atoms with Crippen molar-refractivity contribution < 1.29 is 23.7 Å². The van der Waals surface area contributed by atoms with Crippen LogP contribution in [-0.4, -0.2) is 81.8 Å². The number of rotatable bonds is 7. The van der Waals surface area contributed by atoms with Crippen molar-refractivity contribution in [2.75, 3.05) is 20.8 Å². The maximum absolute atomic E-state index is 5.98. The molecule has 0 unspecified atom stereocenters. The summed E-state index contributed by atoms with van der Waals surface area (Å²) in [7, 11) is 7.44. The van der Waals surface area contributed by atoms with Crippen molar-refractivity contribution in [1.82, 2.24) is 15.0 Å². The third kappa shape index (κ3) is 4.00. The van der Waals surface area contributed by atoms with Gasteiger partial charge in [0.1, 0.15) is 33.6 Å². The first-order chi connectivity index (χ1) is 11.6. The molecule has 0 aliphatic carbocycles. The molecule has 6 atom stereocenters. The van der Waals surface area contributed by atoms with Gasteiger partial charge in [-0.1, -0.05) is 5.21 Å². The predicted molar refractivity (Wildman–Crippen MR) is 90.2 cm³/mol. The largest absolute Gasteiger partial charge is 0.382 e. The minimum absolute atomic E-state index is 0.00867. The normalized spacial score (nSPS) is 36.4. The van der Waals surface area contributed by atoms with Crippen LogP contribution in [0.2, 0.25) is 0 Å². The standard InChI is InChI=1S/C14H25B2N3O5/c1-20-7-11-9(3-12(15)23-11)22-6-8-5-19(18-17-8)14-10(21-2)4-13(16)24-14/h5,9-14H,3-4,6-7,15-16H2,1-2H3/t9-,10-,11-,12-,13-,14+/m1/s1. The Kier molecular flexibility index (Phi) is 5.93. The van der Waals surface area contributed by atoms with Gasteiger partial charge in [0.15, 0.2) is 6.23 Å². The van der Waals surface area contributed by atoms with Crippen molar-refractivity contribution in [3.8, 4) is 0 Å². The maximum Gasteiger partial charge on any atom is 0.177 e. The molecule has 0 N–H and O–H groups in total. The number of hydrogen-bond donors (Lipinski definition) is 0. The molecular weight excluding hydrogens is 312 g/mol. The second-order valence-corrected chi connectivity index (χ2v) is 6.56. The van der Waals surface area contributed by atoms with Gasteiger partial charge in [0, 0.05) is 26.2 Å². The van der Waals surface area contributed by atoms with Crippen LogP contribution < -0.4 is 0 Å². The van der Waals surface area contributed by atoms with E-state index in [4.69, 9.17) is 23.7 Å². The minimum atomic E-state index is -0.234. The van der Waals surface area contributed by atoms with Crippen LogP contribution in [0.15, 0.2) is 6.20 Å². The molecule has 2 saturated heterocycles. The molecule has 1 aromatic rings. The highest BCUT2D eigenvalue weighted by atomic mass is 16.6. The van der Waals surface area contributed by atoms with Crippen molar-refractivity contribution in [3.63, 3.8) is 0 Å². The molecule has 0 bridgehead atoms. The van der Waals surface area contributed by atoms with E-state index in [1.165, 1.54) is 0 Å². The van der Waals surface area contributed by atoms with Crippen LogP contribution in [0.5, 0.6) is 0 Å². The SMILES string of the molecule is B[C@H]1C[C@@H](OCc2cn([C@H]3O[C@@H](B)C[C@H]3OC)nn2)[C@@H](COC)O1. The van der Waals surface area contributed by atoms with Crippen LogP contribution in [0.25, 0.3) is 0 Å². The van der Waals surface area contributed by atoms with Crippen LogP contribution in [-0.2, 0) is 30.3 Å². The fraction of sp³-hybridized carbons (Fsp3) is 0.857. The third-order valence-corrected chi connectivity index (χ3v) is 4.54. The summed E-state index contributed by atoms with van der Waals surface area (Å²) in [5.41, 5.74) is 0.767. The quantitative estimate of drug-likeness (QED) is 0.558. The molecule has 24 heavy (non-hydrogen) atoms. The van der Waals surface area contributed by atoms with Gasteiger partial charge in [-0.2, -0.15) is 0 Å². The first kappa shape index (κ1) is 17.9. The number of hydrogen-bond acceptors (Lipinski definition) is 7. The Labute approximate surface area is 143 Å². The molecule has 2 aliphatic heterocycles. The topological polar surface area (TPSA) is 76.9 Å². The maximum atomic E-state index is 5.98. The van der Waals surface area contributed by atoms with Crippen molar-refractivity contribution in [1.29, 1.82) is 0 Å². The molecule has 1 aromatic heterocycles. The van der Waals surface area contributed by atoms with Crippen molar-refractivity contribution in [2.24, 2.45) is 0 Å². The van der Waals surface area contributed by atoms with Crippen LogP contribution in [0.4, 0.5) is 0 Å². The highest BCUT2D eigenvalue weighted by molar-refractivity contribution is 6.11. The van der Waals surface area contributed by atoms with E-state index in [0.717, 1.165) is 18.5 Å². The van der Waals surface area contributed by atoms with E-state index in [1.54, 1.807) is 18.9 Å². The van der Waals surface area contributed by atoms with Gasteiger partial charge in [-0.15, -0.1) is 5.10 Å². The summed E-state index contributed by atoms with van der Waals surface area (Å²) >= 11 is 0. The molecule has 8 nitrogen and oxygen atoms in total. The Hall–Kier alpha value is -0.930. The number of aromatic nitrogens is 3. The molecule has 132 valence electrons. The second kappa shape index (κ2) is 7.97. The summed E-state index contributed by atoms with van der Waals surface area (Å²) in [6.07, 6.45) is 3.31. The Morgan fingerprint density at radius 3 is 2.71 bits per heavy atom. The number of ether oxygens (including phenoxy) is 5. The molecular formula is C14H25B2N3O5. The Balaban J connectivity index is 1.56. The lowest BCUT2D eigenvalue weighted by molar-refractivity contribution is -0.0524. The van der Waals surface area contributed by atoms with Crippen molar-refractivity contribution in [2.45, 2.75) is 56.0 Å². The van der Waals surface area contributed by atoms with Gasteiger partial charge >= 0.3 is 0 Å². The number of nitrogens with zero attached hydrogens (tertiary/aromatic N) is 3. The lowest BCUT2D eigenvalue weighted by Crippen LogP contribution is -2.28. The lowest BCUT2D eigenvalue weighted by atomic mass is 9.96. The fourth-order valence-corrected chi connectivity index (χ4v) is 3.37. The van der Waals surface area contributed by atoms with E-state index < -0.39 is 0 Å². The second-order valence-electron chi connectivity index (χ2n) is 6.56. The molecule has 2 fully saturated rings. The molecule has 3 heterocycles. The zero-order valence-electron chi connectivity index (χ0n) is 14.8. The van der Waals surface area contributed by atoms with Gasteiger partial charge in [-0.3, -0.25) is 0 Å². The Morgan fingerprint density at radius 1 is 1.21 bits per heavy atom. The summed E-state index contributed by atoms with van der Waals surface area (Å²) < 4.78 is 30.0. The van der Waals surface area contributed by atoms with Crippen molar-refractivity contribution in [3.05, 3.63) is 11.9 Å². The number of methoxy groups -OCH3 is 2. The molecule has 10 heteroatoms. The van der Waals surface area contributed by atoms with E-state index in [-0.39, 0.29) is 36.5 Å². The summed E-state index contributed by atoms with van der Waals surface area (Å²) in [6.45, 7) is 0.923. The molecule has 0 spiro atoms. The molecule has 0 saturated carbocycles. The third-order valence-electron chi connectivity index (χ3n) is 4.54. The highest BCUT2D eigenvalue weighted by Gasteiger charge is 2.36. The zero-order valence-corrected chi connectivity index (χ0v) is 14.8. The van der Waals surface area contributed by atoms with Crippen LogP contribution >= 0.6 is 0 Å².